The second kappa shape index (κ2) is 7.46. The smallest absolute Gasteiger partial charge is 0.322 e. The minimum Gasteiger partial charge on any atom is -0.467 e. The number of hydrogen-bond acceptors (Lipinski definition) is 7. The number of carbonyl (C=O) groups excluding carboxylic acids is 1. The second-order valence-electron chi connectivity index (χ2n) is 4.72. The average Bonchev–Trinajstić information content (AvgIpc) is 2.43. The van der Waals surface area contributed by atoms with Gasteiger partial charge in [0.2, 0.25) is 17.8 Å². The lowest BCUT2D eigenvalue weighted by Crippen LogP contribution is -2.39. The first-order valence-corrected chi connectivity index (χ1v) is 6.48. The van der Waals surface area contributed by atoms with Crippen LogP contribution in [-0.2, 0) is 4.79 Å². The third kappa shape index (κ3) is 4.87. The quantitative estimate of drug-likeness (QED) is 0.669. The molecule has 3 N–H and O–H groups in total. The number of nitrogens with zero attached hydrogens (tertiary/aromatic N) is 3. The van der Waals surface area contributed by atoms with Gasteiger partial charge in [-0.2, -0.15) is 15.0 Å². The zero-order valence-corrected chi connectivity index (χ0v) is 12.5. The topological polar surface area (TPSA) is 101 Å². The molecule has 8 nitrogen and oxygen atoms in total. The number of nitrogens with one attached hydrogen (secondary N) is 3. The maximum absolute atomic E-state index is 11.9. The molecule has 1 amide bonds. The number of methoxy groups -OCH3 is 1. The maximum atomic E-state index is 11.9. The summed E-state index contributed by atoms with van der Waals surface area (Å²) < 4.78 is 4.98. The van der Waals surface area contributed by atoms with Gasteiger partial charge in [-0.3, -0.25) is 4.79 Å². The highest BCUT2D eigenvalue weighted by Gasteiger charge is 2.15. The molecule has 1 rings (SSSR count). The van der Waals surface area contributed by atoms with E-state index in [0.717, 1.165) is 0 Å². The van der Waals surface area contributed by atoms with Crippen LogP contribution in [0.5, 0.6) is 6.01 Å². The Hall–Kier alpha value is -2.12. The van der Waals surface area contributed by atoms with Gasteiger partial charge in [0.15, 0.2) is 0 Å². The van der Waals surface area contributed by atoms with Gasteiger partial charge in [-0.25, -0.2) is 0 Å². The molecule has 0 saturated carbocycles. The number of hydrogen-bond donors (Lipinski definition) is 3. The summed E-state index contributed by atoms with van der Waals surface area (Å²) in [5, 5.41) is 8.56. The number of aromatic nitrogens is 3. The predicted molar refractivity (Wildman–Crippen MR) is 76.9 cm³/mol. The van der Waals surface area contributed by atoms with E-state index in [-0.39, 0.29) is 17.9 Å². The van der Waals surface area contributed by atoms with E-state index >= 15 is 0 Å². The minimum absolute atomic E-state index is 0.107. The summed E-state index contributed by atoms with van der Waals surface area (Å²) in [6.45, 7) is 6.45. The van der Waals surface area contributed by atoms with Gasteiger partial charge in [-0.15, -0.1) is 0 Å². The number of amides is 1. The number of rotatable bonds is 7. The summed E-state index contributed by atoms with van der Waals surface area (Å²) in [6, 6.07) is -0.271. The Morgan fingerprint density at radius 3 is 2.40 bits per heavy atom. The van der Waals surface area contributed by atoms with Crippen molar-refractivity contribution in [3.63, 3.8) is 0 Å². The van der Waals surface area contributed by atoms with Gasteiger partial charge in [-0.05, 0) is 12.8 Å². The molecule has 1 unspecified atom stereocenters. The van der Waals surface area contributed by atoms with Crippen LogP contribution in [0.3, 0.4) is 0 Å². The SMILES string of the molecule is CNc1nc(NC(C)C(=O)NCC(C)C)nc(OC)n1. The van der Waals surface area contributed by atoms with E-state index in [2.05, 4.69) is 30.9 Å². The van der Waals surface area contributed by atoms with Crippen molar-refractivity contribution in [3.8, 4) is 6.01 Å². The summed E-state index contributed by atoms with van der Waals surface area (Å²) >= 11 is 0. The van der Waals surface area contributed by atoms with Crippen LogP contribution in [0, 0.1) is 5.92 Å². The lowest BCUT2D eigenvalue weighted by molar-refractivity contribution is -0.121. The van der Waals surface area contributed by atoms with Gasteiger partial charge >= 0.3 is 6.01 Å². The van der Waals surface area contributed by atoms with Gasteiger partial charge in [0, 0.05) is 13.6 Å². The van der Waals surface area contributed by atoms with Crippen LogP contribution in [-0.4, -0.2) is 47.6 Å². The average molecular weight is 282 g/mol. The summed E-state index contributed by atoms with van der Waals surface area (Å²) in [5.41, 5.74) is 0. The maximum Gasteiger partial charge on any atom is 0.322 e. The second-order valence-corrected chi connectivity index (χ2v) is 4.72. The van der Waals surface area contributed by atoms with Gasteiger partial charge in [0.1, 0.15) is 6.04 Å². The van der Waals surface area contributed by atoms with Crippen LogP contribution < -0.4 is 20.7 Å². The molecule has 0 fully saturated rings. The van der Waals surface area contributed by atoms with Crippen LogP contribution in [0.4, 0.5) is 11.9 Å². The first kappa shape index (κ1) is 15.9. The monoisotopic (exact) mass is 282 g/mol. The molecule has 112 valence electrons. The van der Waals surface area contributed by atoms with Crippen molar-refractivity contribution in [2.45, 2.75) is 26.8 Å². The third-order valence-electron chi connectivity index (χ3n) is 2.44. The van der Waals surface area contributed by atoms with Gasteiger partial charge < -0.3 is 20.7 Å². The highest BCUT2D eigenvalue weighted by Crippen LogP contribution is 2.11. The molecular weight excluding hydrogens is 260 g/mol. The van der Waals surface area contributed by atoms with Crippen LogP contribution in [0.25, 0.3) is 0 Å². The highest BCUT2D eigenvalue weighted by atomic mass is 16.5. The predicted octanol–water partition coefficient (Wildman–Crippen LogP) is 0.495. The molecule has 0 aliphatic heterocycles. The molecule has 1 aromatic rings. The van der Waals surface area contributed by atoms with Crippen molar-refractivity contribution < 1.29 is 9.53 Å². The van der Waals surface area contributed by atoms with Crippen molar-refractivity contribution in [2.24, 2.45) is 5.92 Å². The molecule has 0 bridgehead atoms. The Kier molecular flexibility index (Phi) is 5.95. The van der Waals surface area contributed by atoms with E-state index < -0.39 is 6.04 Å². The van der Waals surface area contributed by atoms with Gasteiger partial charge in [0.25, 0.3) is 0 Å². The first-order valence-electron chi connectivity index (χ1n) is 6.48. The van der Waals surface area contributed by atoms with Crippen LogP contribution in [0.1, 0.15) is 20.8 Å². The fourth-order valence-electron chi connectivity index (χ4n) is 1.34. The molecule has 1 heterocycles. The van der Waals surface area contributed by atoms with Crippen LogP contribution >= 0.6 is 0 Å². The third-order valence-corrected chi connectivity index (χ3v) is 2.44. The zero-order chi connectivity index (χ0) is 15.1. The van der Waals surface area contributed by atoms with Crippen molar-refractivity contribution in [2.75, 3.05) is 31.3 Å². The normalized spacial score (nSPS) is 11.9. The summed E-state index contributed by atoms with van der Waals surface area (Å²) in [7, 11) is 3.16. The summed E-state index contributed by atoms with van der Waals surface area (Å²) in [6.07, 6.45) is 0. The Labute approximate surface area is 118 Å². The number of ether oxygens (including phenoxy) is 1. The number of carbonyl (C=O) groups is 1. The van der Waals surface area contributed by atoms with Crippen molar-refractivity contribution >= 4 is 17.8 Å². The van der Waals surface area contributed by atoms with Crippen molar-refractivity contribution in [1.82, 2.24) is 20.3 Å². The zero-order valence-electron chi connectivity index (χ0n) is 12.5. The molecular formula is C12H22N6O2. The molecule has 0 aliphatic rings. The number of anilines is 2. The Morgan fingerprint density at radius 2 is 1.85 bits per heavy atom. The van der Waals surface area contributed by atoms with E-state index in [4.69, 9.17) is 4.74 Å². The lowest BCUT2D eigenvalue weighted by atomic mass is 10.2. The lowest BCUT2D eigenvalue weighted by Gasteiger charge is -2.15. The molecule has 0 aliphatic carbocycles. The molecule has 0 spiro atoms. The van der Waals surface area contributed by atoms with Crippen LogP contribution in [0.15, 0.2) is 0 Å². The van der Waals surface area contributed by atoms with Gasteiger partial charge in [-0.1, -0.05) is 13.8 Å². The molecule has 1 atom stereocenters. The summed E-state index contributed by atoms with van der Waals surface area (Å²) in [5.74, 6) is 0.950. The fourth-order valence-corrected chi connectivity index (χ4v) is 1.34. The molecule has 20 heavy (non-hydrogen) atoms. The van der Waals surface area contributed by atoms with E-state index in [0.29, 0.717) is 18.4 Å². The molecule has 1 aromatic heterocycles. The van der Waals surface area contributed by atoms with E-state index in [1.165, 1.54) is 7.11 Å². The Morgan fingerprint density at radius 1 is 1.20 bits per heavy atom. The van der Waals surface area contributed by atoms with Crippen molar-refractivity contribution in [1.29, 1.82) is 0 Å². The van der Waals surface area contributed by atoms with Crippen molar-refractivity contribution in [3.05, 3.63) is 0 Å². The first-order chi connectivity index (χ1) is 9.46. The molecule has 0 saturated heterocycles. The van der Waals surface area contributed by atoms with E-state index in [9.17, 15) is 4.79 Å². The fraction of sp³-hybridized carbons (Fsp3) is 0.667. The van der Waals surface area contributed by atoms with Gasteiger partial charge in [0.05, 0.1) is 7.11 Å². The standard InChI is InChI=1S/C12H22N6O2/c1-7(2)6-14-9(19)8(3)15-11-16-10(13-4)17-12(18-11)20-5/h7-8H,6H2,1-5H3,(H,14,19)(H2,13,15,16,17,18). The Bertz CT molecular complexity index is 429. The molecule has 0 radical (unpaired) electrons. The minimum atomic E-state index is -0.453. The molecule has 8 heteroatoms. The Balaban J connectivity index is 2.69. The highest BCUT2D eigenvalue weighted by molar-refractivity contribution is 5.83. The summed E-state index contributed by atoms with van der Waals surface area (Å²) in [4.78, 5) is 24.0. The van der Waals surface area contributed by atoms with E-state index in [1.54, 1.807) is 14.0 Å². The molecule has 0 aromatic carbocycles. The van der Waals surface area contributed by atoms with Crippen LogP contribution in [0.2, 0.25) is 0 Å². The van der Waals surface area contributed by atoms with E-state index in [1.807, 2.05) is 13.8 Å². The largest absolute Gasteiger partial charge is 0.467 e.